The monoisotopic (exact) mass is 282 g/mol. The van der Waals surface area contributed by atoms with Crippen LogP contribution in [0.1, 0.15) is 58.8 Å². The van der Waals surface area contributed by atoms with Crippen LogP contribution in [0.15, 0.2) is 0 Å². The van der Waals surface area contributed by atoms with Crippen molar-refractivity contribution in [1.82, 2.24) is 10.2 Å². The van der Waals surface area contributed by atoms with Gasteiger partial charge in [0.1, 0.15) is 0 Å². The highest BCUT2D eigenvalue weighted by molar-refractivity contribution is 5.82. The normalized spacial score (nSPS) is 25.4. The second-order valence-electron chi connectivity index (χ2n) is 6.47. The summed E-state index contributed by atoms with van der Waals surface area (Å²) >= 11 is 0. The maximum absolute atomic E-state index is 12.4. The molecule has 1 amide bonds. The van der Waals surface area contributed by atoms with Gasteiger partial charge in [-0.05, 0) is 25.7 Å². The van der Waals surface area contributed by atoms with Crippen molar-refractivity contribution in [2.75, 3.05) is 19.7 Å². The Bertz CT molecular complexity index is 301. The van der Waals surface area contributed by atoms with E-state index >= 15 is 0 Å². The van der Waals surface area contributed by atoms with E-state index in [1.807, 2.05) is 4.90 Å². The SMILES string of the molecule is CC(C)NC1CCCN(CCOC2CCCCC2)C1=O. The van der Waals surface area contributed by atoms with Crippen LogP contribution in [0.2, 0.25) is 0 Å². The van der Waals surface area contributed by atoms with Crippen molar-refractivity contribution < 1.29 is 9.53 Å². The summed E-state index contributed by atoms with van der Waals surface area (Å²) in [5, 5.41) is 3.37. The Balaban J connectivity index is 1.70. The average molecular weight is 282 g/mol. The molecule has 2 fully saturated rings. The van der Waals surface area contributed by atoms with Crippen molar-refractivity contribution in [2.24, 2.45) is 0 Å². The lowest BCUT2D eigenvalue weighted by atomic mass is 9.98. The second-order valence-corrected chi connectivity index (χ2v) is 6.47. The van der Waals surface area contributed by atoms with Crippen molar-refractivity contribution >= 4 is 5.91 Å². The molecular weight excluding hydrogens is 252 g/mol. The fraction of sp³-hybridized carbons (Fsp3) is 0.938. The summed E-state index contributed by atoms with van der Waals surface area (Å²) in [5.74, 6) is 0.261. The van der Waals surface area contributed by atoms with Crippen LogP contribution in [-0.2, 0) is 9.53 Å². The van der Waals surface area contributed by atoms with E-state index in [1.54, 1.807) is 0 Å². The first kappa shape index (κ1) is 15.8. The van der Waals surface area contributed by atoms with E-state index in [0.717, 1.165) is 25.9 Å². The number of carbonyl (C=O) groups is 1. The predicted octanol–water partition coefficient (Wildman–Crippen LogP) is 2.32. The lowest BCUT2D eigenvalue weighted by Gasteiger charge is -2.34. The smallest absolute Gasteiger partial charge is 0.239 e. The summed E-state index contributed by atoms with van der Waals surface area (Å²) in [5.41, 5.74) is 0. The highest BCUT2D eigenvalue weighted by atomic mass is 16.5. The number of nitrogens with one attached hydrogen (secondary N) is 1. The third-order valence-electron chi connectivity index (χ3n) is 4.33. The summed E-state index contributed by atoms with van der Waals surface area (Å²) in [6.45, 7) is 6.54. The van der Waals surface area contributed by atoms with Gasteiger partial charge in [0, 0.05) is 19.1 Å². The summed E-state index contributed by atoms with van der Waals surface area (Å²) in [4.78, 5) is 14.3. The van der Waals surface area contributed by atoms with E-state index in [9.17, 15) is 4.79 Å². The molecular formula is C16H30N2O2. The fourth-order valence-electron chi connectivity index (χ4n) is 3.28. The minimum Gasteiger partial charge on any atom is -0.376 e. The van der Waals surface area contributed by atoms with Gasteiger partial charge < -0.3 is 15.0 Å². The van der Waals surface area contributed by atoms with Gasteiger partial charge in [-0.1, -0.05) is 33.1 Å². The lowest BCUT2D eigenvalue weighted by molar-refractivity contribution is -0.137. The zero-order valence-electron chi connectivity index (χ0n) is 13.1. The molecule has 116 valence electrons. The van der Waals surface area contributed by atoms with Gasteiger partial charge in [-0.3, -0.25) is 4.79 Å². The molecule has 1 saturated heterocycles. The maximum atomic E-state index is 12.4. The molecule has 0 bridgehead atoms. The first-order valence-corrected chi connectivity index (χ1v) is 8.33. The van der Waals surface area contributed by atoms with Crippen LogP contribution in [0.5, 0.6) is 0 Å². The Hall–Kier alpha value is -0.610. The number of rotatable bonds is 6. The van der Waals surface area contributed by atoms with Crippen molar-refractivity contribution in [1.29, 1.82) is 0 Å². The molecule has 1 atom stereocenters. The molecule has 1 aliphatic heterocycles. The van der Waals surface area contributed by atoms with Gasteiger partial charge in [-0.25, -0.2) is 0 Å². The van der Waals surface area contributed by atoms with E-state index in [2.05, 4.69) is 19.2 Å². The van der Waals surface area contributed by atoms with Crippen LogP contribution >= 0.6 is 0 Å². The topological polar surface area (TPSA) is 41.6 Å². The Kier molecular flexibility index (Phi) is 6.30. The number of ether oxygens (including phenoxy) is 1. The molecule has 2 rings (SSSR count). The summed E-state index contributed by atoms with van der Waals surface area (Å²) in [6.07, 6.45) is 8.86. The predicted molar refractivity (Wildman–Crippen MR) is 80.7 cm³/mol. The number of hydrogen-bond donors (Lipinski definition) is 1. The molecule has 2 aliphatic rings. The van der Waals surface area contributed by atoms with Crippen LogP contribution in [-0.4, -0.2) is 48.7 Å². The van der Waals surface area contributed by atoms with Gasteiger partial charge in [0.2, 0.25) is 5.91 Å². The van der Waals surface area contributed by atoms with E-state index in [0.29, 0.717) is 18.8 Å². The summed E-state index contributed by atoms with van der Waals surface area (Å²) in [7, 11) is 0. The third-order valence-corrected chi connectivity index (χ3v) is 4.33. The maximum Gasteiger partial charge on any atom is 0.239 e. The van der Waals surface area contributed by atoms with E-state index in [1.165, 1.54) is 32.1 Å². The Morgan fingerprint density at radius 1 is 1.20 bits per heavy atom. The van der Waals surface area contributed by atoms with Gasteiger partial charge in [0.15, 0.2) is 0 Å². The van der Waals surface area contributed by atoms with Gasteiger partial charge in [0.25, 0.3) is 0 Å². The Labute approximate surface area is 123 Å². The zero-order chi connectivity index (χ0) is 14.4. The number of piperidine rings is 1. The molecule has 1 heterocycles. The summed E-state index contributed by atoms with van der Waals surface area (Å²) in [6, 6.07) is 0.376. The number of hydrogen-bond acceptors (Lipinski definition) is 3. The van der Waals surface area contributed by atoms with Crippen LogP contribution in [0.25, 0.3) is 0 Å². The molecule has 1 saturated carbocycles. The summed E-state index contributed by atoms with van der Waals surface area (Å²) < 4.78 is 5.94. The molecule has 4 heteroatoms. The Morgan fingerprint density at radius 3 is 2.65 bits per heavy atom. The van der Waals surface area contributed by atoms with Crippen molar-refractivity contribution in [3.05, 3.63) is 0 Å². The lowest BCUT2D eigenvalue weighted by Crippen LogP contribution is -2.53. The molecule has 0 aromatic carbocycles. The van der Waals surface area contributed by atoms with Crippen molar-refractivity contribution in [2.45, 2.75) is 77.0 Å². The molecule has 0 aromatic heterocycles. The molecule has 0 radical (unpaired) electrons. The first-order chi connectivity index (χ1) is 9.66. The highest BCUT2D eigenvalue weighted by Crippen LogP contribution is 2.20. The molecule has 0 spiro atoms. The quantitative estimate of drug-likeness (QED) is 0.813. The van der Waals surface area contributed by atoms with Crippen LogP contribution in [0, 0.1) is 0 Å². The van der Waals surface area contributed by atoms with Crippen LogP contribution in [0.4, 0.5) is 0 Å². The molecule has 1 unspecified atom stereocenters. The minimum absolute atomic E-state index is 0.0124. The molecule has 20 heavy (non-hydrogen) atoms. The Morgan fingerprint density at radius 2 is 1.95 bits per heavy atom. The molecule has 0 aromatic rings. The second kappa shape index (κ2) is 7.99. The van der Waals surface area contributed by atoms with E-state index in [4.69, 9.17) is 4.74 Å². The minimum atomic E-state index is 0.0124. The standard InChI is InChI=1S/C16H30N2O2/c1-13(2)17-15-9-6-10-18(16(15)19)11-12-20-14-7-4-3-5-8-14/h13-15,17H,3-12H2,1-2H3. The average Bonchev–Trinajstić information content (AvgIpc) is 2.43. The molecule has 1 aliphatic carbocycles. The highest BCUT2D eigenvalue weighted by Gasteiger charge is 2.28. The van der Waals surface area contributed by atoms with Crippen molar-refractivity contribution in [3.63, 3.8) is 0 Å². The van der Waals surface area contributed by atoms with E-state index < -0.39 is 0 Å². The molecule has 1 N–H and O–H groups in total. The zero-order valence-corrected chi connectivity index (χ0v) is 13.1. The van der Waals surface area contributed by atoms with Gasteiger partial charge in [-0.15, -0.1) is 0 Å². The van der Waals surface area contributed by atoms with Crippen LogP contribution < -0.4 is 5.32 Å². The van der Waals surface area contributed by atoms with Gasteiger partial charge >= 0.3 is 0 Å². The number of carbonyl (C=O) groups excluding carboxylic acids is 1. The number of nitrogens with zero attached hydrogens (tertiary/aromatic N) is 1. The number of likely N-dealkylation sites (tertiary alicyclic amines) is 1. The fourth-order valence-corrected chi connectivity index (χ4v) is 3.28. The van der Waals surface area contributed by atoms with Crippen molar-refractivity contribution in [3.8, 4) is 0 Å². The van der Waals surface area contributed by atoms with E-state index in [-0.39, 0.29) is 11.9 Å². The van der Waals surface area contributed by atoms with Crippen LogP contribution in [0.3, 0.4) is 0 Å². The third kappa shape index (κ3) is 4.74. The van der Waals surface area contributed by atoms with Gasteiger partial charge in [0.05, 0.1) is 18.8 Å². The number of amides is 1. The van der Waals surface area contributed by atoms with Gasteiger partial charge in [-0.2, -0.15) is 0 Å². The largest absolute Gasteiger partial charge is 0.376 e. The first-order valence-electron chi connectivity index (χ1n) is 8.33. The molecule has 4 nitrogen and oxygen atoms in total.